The van der Waals surface area contributed by atoms with Gasteiger partial charge in [-0.1, -0.05) is 6.07 Å². The minimum absolute atomic E-state index is 0.0303. The Bertz CT molecular complexity index is 1430. The number of benzene rings is 2. The molecule has 38 heavy (non-hydrogen) atoms. The Balaban J connectivity index is 2.06. The van der Waals surface area contributed by atoms with Crippen molar-refractivity contribution in [2.24, 2.45) is 0 Å². The summed E-state index contributed by atoms with van der Waals surface area (Å²) < 4.78 is 38.9. The summed E-state index contributed by atoms with van der Waals surface area (Å²) in [6.45, 7) is 0.175. The monoisotopic (exact) mass is 520 g/mol. The summed E-state index contributed by atoms with van der Waals surface area (Å²) in [5, 5.41) is 1.19. The molecule has 0 saturated carbocycles. The maximum atomic E-state index is 13.1. The highest BCUT2D eigenvalue weighted by Gasteiger charge is 2.26. The van der Waals surface area contributed by atoms with Crippen LogP contribution in [0.15, 0.2) is 48.8 Å². The summed E-state index contributed by atoms with van der Waals surface area (Å²) in [6.07, 6.45) is 3.37. The summed E-state index contributed by atoms with van der Waals surface area (Å²) in [6, 6.07) is 10.7. The third-order valence-electron chi connectivity index (χ3n) is 5.90. The SMILES string of the molecule is COC(=O)c1nc(OCc2cccnc2)c2cc(OC)c(OC)cc2c1-c1cc(OC)c(OC)c(OC)c1. The van der Waals surface area contributed by atoms with Crippen LogP contribution in [0.25, 0.3) is 21.9 Å². The van der Waals surface area contributed by atoms with Crippen LogP contribution in [0.3, 0.4) is 0 Å². The molecule has 0 N–H and O–H groups in total. The number of rotatable bonds is 10. The maximum Gasteiger partial charge on any atom is 0.357 e. The molecule has 0 bridgehead atoms. The van der Waals surface area contributed by atoms with E-state index in [9.17, 15) is 4.79 Å². The quantitative estimate of drug-likeness (QED) is 0.273. The molecule has 0 spiro atoms. The van der Waals surface area contributed by atoms with Crippen LogP contribution < -0.4 is 28.4 Å². The zero-order chi connectivity index (χ0) is 27.2. The molecule has 2 aromatic heterocycles. The molecule has 0 aliphatic heterocycles. The third kappa shape index (κ3) is 4.93. The van der Waals surface area contributed by atoms with E-state index in [0.717, 1.165) is 5.56 Å². The van der Waals surface area contributed by atoms with E-state index < -0.39 is 5.97 Å². The largest absolute Gasteiger partial charge is 0.493 e. The third-order valence-corrected chi connectivity index (χ3v) is 5.90. The number of aromatic nitrogens is 2. The van der Waals surface area contributed by atoms with Crippen molar-refractivity contribution in [3.63, 3.8) is 0 Å². The first-order valence-electron chi connectivity index (χ1n) is 11.5. The number of ether oxygens (including phenoxy) is 7. The molecular formula is C28H28N2O8. The van der Waals surface area contributed by atoms with Gasteiger partial charge in [-0.05, 0) is 35.9 Å². The van der Waals surface area contributed by atoms with E-state index in [2.05, 4.69) is 9.97 Å². The number of esters is 1. The Kier molecular flexibility index (Phi) is 8.00. The second-order valence-electron chi connectivity index (χ2n) is 7.95. The summed E-state index contributed by atoms with van der Waals surface area (Å²) in [4.78, 5) is 21.8. The number of methoxy groups -OCH3 is 6. The molecule has 0 radical (unpaired) electrons. The van der Waals surface area contributed by atoms with E-state index in [1.807, 2.05) is 12.1 Å². The lowest BCUT2D eigenvalue weighted by Crippen LogP contribution is -2.10. The lowest BCUT2D eigenvalue weighted by atomic mass is 9.95. The lowest BCUT2D eigenvalue weighted by molar-refractivity contribution is 0.0594. The van der Waals surface area contributed by atoms with Crippen LogP contribution >= 0.6 is 0 Å². The predicted octanol–water partition coefficient (Wildman–Crippen LogP) is 4.71. The highest BCUT2D eigenvalue weighted by atomic mass is 16.5. The molecule has 0 aliphatic rings. The molecule has 0 unspecified atom stereocenters. The highest BCUT2D eigenvalue weighted by molar-refractivity contribution is 6.09. The minimum Gasteiger partial charge on any atom is -0.493 e. The smallest absolute Gasteiger partial charge is 0.357 e. The molecule has 0 amide bonds. The van der Waals surface area contributed by atoms with Gasteiger partial charge < -0.3 is 33.2 Å². The van der Waals surface area contributed by atoms with E-state index in [1.165, 1.54) is 42.7 Å². The van der Waals surface area contributed by atoms with Crippen molar-refractivity contribution < 1.29 is 38.0 Å². The molecule has 198 valence electrons. The van der Waals surface area contributed by atoms with Gasteiger partial charge in [-0.25, -0.2) is 9.78 Å². The molecule has 0 fully saturated rings. The van der Waals surface area contributed by atoms with E-state index in [0.29, 0.717) is 50.6 Å². The summed E-state index contributed by atoms with van der Waals surface area (Å²) in [5.74, 6) is 1.69. The van der Waals surface area contributed by atoms with Crippen LogP contribution in [0.4, 0.5) is 0 Å². The zero-order valence-corrected chi connectivity index (χ0v) is 22.0. The van der Waals surface area contributed by atoms with Crippen LogP contribution in [-0.2, 0) is 11.3 Å². The normalized spacial score (nSPS) is 10.6. The van der Waals surface area contributed by atoms with Crippen molar-refractivity contribution in [3.8, 4) is 45.8 Å². The molecular weight excluding hydrogens is 492 g/mol. The van der Waals surface area contributed by atoms with E-state index in [4.69, 9.17) is 33.2 Å². The molecule has 0 atom stereocenters. The van der Waals surface area contributed by atoms with E-state index >= 15 is 0 Å². The topological polar surface area (TPSA) is 107 Å². The Morgan fingerprint density at radius 3 is 1.95 bits per heavy atom. The fourth-order valence-electron chi connectivity index (χ4n) is 4.12. The van der Waals surface area contributed by atoms with E-state index in [-0.39, 0.29) is 18.2 Å². The van der Waals surface area contributed by atoms with Crippen molar-refractivity contribution in [1.29, 1.82) is 0 Å². The average molecular weight is 521 g/mol. The van der Waals surface area contributed by atoms with E-state index in [1.54, 1.807) is 36.7 Å². The Morgan fingerprint density at radius 2 is 1.42 bits per heavy atom. The second kappa shape index (κ2) is 11.5. The number of nitrogens with zero attached hydrogens (tertiary/aromatic N) is 2. The molecule has 2 aromatic carbocycles. The number of pyridine rings is 2. The Labute approximate surface area is 220 Å². The summed E-state index contributed by atoms with van der Waals surface area (Å²) in [5.41, 5.74) is 1.89. The van der Waals surface area contributed by atoms with Crippen LogP contribution in [0, 0.1) is 0 Å². The first kappa shape index (κ1) is 26.3. The standard InChI is InChI=1S/C28H28N2O8/c1-32-20-12-18-19(13-21(20)33-2)27(38-15-16-8-7-9-29-14-16)30-25(28(31)37-6)24(18)17-10-22(34-3)26(36-5)23(11-17)35-4/h7-14H,15H2,1-6H3. The molecule has 2 heterocycles. The maximum absolute atomic E-state index is 13.1. The number of hydrogen-bond donors (Lipinski definition) is 0. The number of fused-ring (bicyclic) bond motifs is 1. The molecule has 0 saturated heterocycles. The zero-order valence-electron chi connectivity index (χ0n) is 22.0. The summed E-state index contributed by atoms with van der Waals surface area (Å²) in [7, 11) is 8.91. The fraction of sp³-hybridized carbons (Fsp3) is 0.250. The molecule has 4 rings (SSSR count). The van der Waals surface area contributed by atoms with Gasteiger partial charge >= 0.3 is 5.97 Å². The first-order valence-corrected chi connectivity index (χ1v) is 11.5. The van der Waals surface area contributed by atoms with Crippen molar-refractivity contribution in [2.45, 2.75) is 6.61 Å². The van der Waals surface area contributed by atoms with Gasteiger partial charge in [0.25, 0.3) is 0 Å². The van der Waals surface area contributed by atoms with Crippen LogP contribution in [0.2, 0.25) is 0 Å². The van der Waals surface area contributed by atoms with Crippen molar-refractivity contribution in [3.05, 3.63) is 60.0 Å². The van der Waals surface area contributed by atoms with Gasteiger partial charge in [0.15, 0.2) is 28.7 Å². The van der Waals surface area contributed by atoms with Crippen molar-refractivity contribution in [2.75, 3.05) is 42.7 Å². The van der Waals surface area contributed by atoms with Crippen molar-refractivity contribution in [1.82, 2.24) is 9.97 Å². The number of carbonyl (C=O) groups excluding carboxylic acids is 1. The highest BCUT2D eigenvalue weighted by Crippen LogP contribution is 2.46. The fourth-order valence-corrected chi connectivity index (χ4v) is 4.12. The van der Waals surface area contributed by atoms with Crippen molar-refractivity contribution >= 4 is 16.7 Å². The molecule has 10 nitrogen and oxygen atoms in total. The Hall–Kier alpha value is -4.73. The summed E-state index contributed by atoms with van der Waals surface area (Å²) >= 11 is 0. The average Bonchev–Trinajstić information content (AvgIpc) is 2.97. The number of hydrogen-bond acceptors (Lipinski definition) is 10. The molecule has 10 heteroatoms. The minimum atomic E-state index is -0.656. The van der Waals surface area contributed by atoms with Gasteiger partial charge in [0.1, 0.15) is 6.61 Å². The van der Waals surface area contributed by atoms with Gasteiger partial charge in [0, 0.05) is 34.3 Å². The lowest BCUT2D eigenvalue weighted by Gasteiger charge is -2.19. The predicted molar refractivity (Wildman–Crippen MR) is 140 cm³/mol. The Morgan fingerprint density at radius 1 is 0.789 bits per heavy atom. The van der Waals surface area contributed by atoms with Crippen LogP contribution in [0.1, 0.15) is 16.1 Å². The van der Waals surface area contributed by atoms with Gasteiger partial charge in [-0.15, -0.1) is 0 Å². The van der Waals surface area contributed by atoms with Gasteiger partial charge in [-0.2, -0.15) is 0 Å². The van der Waals surface area contributed by atoms with Gasteiger partial charge in [-0.3, -0.25) is 4.98 Å². The molecule has 4 aromatic rings. The van der Waals surface area contributed by atoms with Crippen LogP contribution in [-0.4, -0.2) is 58.6 Å². The van der Waals surface area contributed by atoms with Gasteiger partial charge in [0.2, 0.25) is 11.6 Å². The second-order valence-corrected chi connectivity index (χ2v) is 7.95. The van der Waals surface area contributed by atoms with Crippen LogP contribution in [0.5, 0.6) is 34.6 Å². The first-order chi connectivity index (χ1) is 18.5. The number of carbonyl (C=O) groups is 1. The molecule has 0 aliphatic carbocycles. The van der Waals surface area contributed by atoms with Gasteiger partial charge in [0.05, 0.1) is 42.7 Å².